The highest BCUT2D eigenvalue weighted by Gasteiger charge is 2.11. The summed E-state index contributed by atoms with van der Waals surface area (Å²) in [6.07, 6.45) is 1.88. The molecular weight excluding hydrogens is 230 g/mol. The van der Waals surface area contributed by atoms with Crippen molar-refractivity contribution in [2.24, 2.45) is 0 Å². The van der Waals surface area contributed by atoms with Crippen LogP contribution in [-0.2, 0) is 6.42 Å². The van der Waals surface area contributed by atoms with Crippen LogP contribution >= 0.6 is 0 Å². The minimum atomic E-state index is -0.210. The van der Waals surface area contributed by atoms with Crippen LogP contribution in [-0.4, -0.2) is 52.2 Å². The maximum absolute atomic E-state index is 11.7. The van der Waals surface area contributed by atoms with Crippen LogP contribution in [0.25, 0.3) is 0 Å². The number of likely N-dealkylation sites (N-methyl/N-ethyl adjacent to an activating group) is 1. The molecule has 0 aliphatic carbocycles. The Morgan fingerprint density at radius 3 is 2.67 bits per heavy atom. The van der Waals surface area contributed by atoms with Gasteiger partial charge < -0.3 is 10.2 Å². The number of H-pyrrole nitrogens is 1. The summed E-state index contributed by atoms with van der Waals surface area (Å²) in [5.41, 5.74) is 0. The summed E-state index contributed by atoms with van der Waals surface area (Å²) in [6.45, 7) is 9.80. The first kappa shape index (κ1) is 14.6. The van der Waals surface area contributed by atoms with Crippen LogP contribution in [0.2, 0.25) is 0 Å². The molecule has 0 aliphatic heterocycles. The predicted octanol–water partition coefficient (Wildman–Crippen LogP) is 0.829. The third kappa shape index (κ3) is 4.44. The zero-order valence-corrected chi connectivity index (χ0v) is 11.5. The van der Waals surface area contributed by atoms with Crippen molar-refractivity contribution >= 4 is 5.91 Å². The predicted molar refractivity (Wildman–Crippen MR) is 70.5 cm³/mol. The van der Waals surface area contributed by atoms with E-state index in [1.165, 1.54) is 0 Å². The number of hydrogen-bond acceptors (Lipinski definition) is 4. The number of aromatic nitrogens is 3. The largest absolute Gasteiger partial charge is 0.348 e. The molecule has 0 saturated heterocycles. The van der Waals surface area contributed by atoms with Gasteiger partial charge in [0.1, 0.15) is 5.82 Å². The molecule has 0 bridgehead atoms. The maximum Gasteiger partial charge on any atom is 0.291 e. The number of aromatic amines is 1. The Balaban J connectivity index is 2.32. The Morgan fingerprint density at radius 1 is 1.33 bits per heavy atom. The number of hydrogen-bond donors (Lipinski definition) is 2. The second-order valence-corrected chi connectivity index (χ2v) is 4.15. The molecule has 1 aromatic heterocycles. The van der Waals surface area contributed by atoms with E-state index < -0.39 is 0 Å². The monoisotopic (exact) mass is 253 g/mol. The van der Waals surface area contributed by atoms with E-state index in [1.807, 2.05) is 6.92 Å². The summed E-state index contributed by atoms with van der Waals surface area (Å²) in [6, 6.07) is 0. The SMILES string of the molecule is CCCN(CC)CCNC(=O)c1n[nH]c(CC)n1. The summed E-state index contributed by atoms with van der Waals surface area (Å²) in [7, 11) is 0. The molecule has 0 radical (unpaired) electrons. The van der Waals surface area contributed by atoms with Gasteiger partial charge in [-0.25, -0.2) is 4.98 Å². The van der Waals surface area contributed by atoms with Gasteiger partial charge in [0, 0.05) is 19.5 Å². The lowest BCUT2D eigenvalue weighted by molar-refractivity contribution is 0.0938. The van der Waals surface area contributed by atoms with Gasteiger partial charge in [0.2, 0.25) is 5.82 Å². The zero-order valence-electron chi connectivity index (χ0n) is 11.5. The van der Waals surface area contributed by atoms with E-state index >= 15 is 0 Å². The minimum absolute atomic E-state index is 0.210. The lowest BCUT2D eigenvalue weighted by Gasteiger charge is -2.19. The second kappa shape index (κ2) is 7.81. The molecule has 0 aliphatic rings. The number of amides is 1. The molecular formula is C12H23N5O. The van der Waals surface area contributed by atoms with Gasteiger partial charge in [-0.15, -0.1) is 5.10 Å². The van der Waals surface area contributed by atoms with E-state index in [9.17, 15) is 4.79 Å². The lowest BCUT2D eigenvalue weighted by Crippen LogP contribution is -2.35. The van der Waals surface area contributed by atoms with Crippen LogP contribution < -0.4 is 5.32 Å². The quantitative estimate of drug-likeness (QED) is 0.719. The van der Waals surface area contributed by atoms with E-state index in [0.717, 1.165) is 38.3 Å². The highest BCUT2D eigenvalue weighted by atomic mass is 16.2. The van der Waals surface area contributed by atoms with Crippen molar-refractivity contribution in [1.82, 2.24) is 25.4 Å². The Bertz CT molecular complexity index is 363. The fourth-order valence-electron chi connectivity index (χ4n) is 1.71. The summed E-state index contributed by atoms with van der Waals surface area (Å²) >= 11 is 0. The summed E-state index contributed by atoms with van der Waals surface area (Å²) in [5, 5.41) is 9.45. The molecule has 1 aromatic rings. The lowest BCUT2D eigenvalue weighted by atomic mass is 10.4. The van der Waals surface area contributed by atoms with E-state index in [1.54, 1.807) is 0 Å². The molecule has 0 spiro atoms. The Morgan fingerprint density at radius 2 is 2.11 bits per heavy atom. The molecule has 6 heteroatoms. The molecule has 1 amide bonds. The number of nitrogens with one attached hydrogen (secondary N) is 2. The first-order valence-electron chi connectivity index (χ1n) is 6.63. The molecule has 0 fully saturated rings. The highest BCUT2D eigenvalue weighted by molar-refractivity contribution is 5.90. The number of carbonyl (C=O) groups is 1. The molecule has 1 rings (SSSR count). The summed E-state index contributed by atoms with van der Waals surface area (Å²) < 4.78 is 0. The molecule has 6 nitrogen and oxygen atoms in total. The number of carbonyl (C=O) groups excluding carboxylic acids is 1. The summed E-state index contributed by atoms with van der Waals surface area (Å²) in [5.74, 6) is 0.755. The smallest absolute Gasteiger partial charge is 0.291 e. The fourth-order valence-corrected chi connectivity index (χ4v) is 1.71. The van der Waals surface area contributed by atoms with Crippen molar-refractivity contribution in [2.75, 3.05) is 26.2 Å². The molecule has 102 valence electrons. The molecule has 18 heavy (non-hydrogen) atoms. The van der Waals surface area contributed by atoms with Gasteiger partial charge in [-0.3, -0.25) is 9.89 Å². The van der Waals surface area contributed by atoms with Gasteiger partial charge in [0.25, 0.3) is 5.91 Å². The van der Waals surface area contributed by atoms with Crippen molar-refractivity contribution in [2.45, 2.75) is 33.6 Å². The Hall–Kier alpha value is -1.43. The highest BCUT2D eigenvalue weighted by Crippen LogP contribution is 1.94. The molecule has 1 heterocycles. The molecule has 0 aromatic carbocycles. The van der Waals surface area contributed by atoms with Crippen LogP contribution in [0.5, 0.6) is 0 Å². The van der Waals surface area contributed by atoms with E-state index in [4.69, 9.17) is 0 Å². The molecule has 0 unspecified atom stereocenters. The van der Waals surface area contributed by atoms with Crippen molar-refractivity contribution in [3.05, 3.63) is 11.6 Å². The third-order valence-corrected chi connectivity index (χ3v) is 2.77. The van der Waals surface area contributed by atoms with Crippen LogP contribution in [0.4, 0.5) is 0 Å². The second-order valence-electron chi connectivity index (χ2n) is 4.15. The van der Waals surface area contributed by atoms with Crippen LogP contribution in [0, 0.1) is 0 Å². The molecule has 0 atom stereocenters. The van der Waals surface area contributed by atoms with Gasteiger partial charge in [-0.05, 0) is 19.5 Å². The van der Waals surface area contributed by atoms with Crippen molar-refractivity contribution in [3.8, 4) is 0 Å². The minimum Gasteiger partial charge on any atom is -0.348 e. The summed E-state index contributed by atoms with van der Waals surface area (Å²) in [4.78, 5) is 18.1. The van der Waals surface area contributed by atoms with Gasteiger partial charge >= 0.3 is 0 Å². The molecule has 0 saturated carbocycles. The van der Waals surface area contributed by atoms with Crippen LogP contribution in [0.15, 0.2) is 0 Å². The van der Waals surface area contributed by atoms with Crippen molar-refractivity contribution < 1.29 is 4.79 Å². The van der Waals surface area contributed by atoms with Gasteiger partial charge in [-0.1, -0.05) is 20.8 Å². The van der Waals surface area contributed by atoms with Crippen molar-refractivity contribution in [3.63, 3.8) is 0 Å². The van der Waals surface area contributed by atoms with E-state index in [-0.39, 0.29) is 11.7 Å². The Labute approximate surface area is 108 Å². The topological polar surface area (TPSA) is 73.9 Å². The van der Waals surface area contributed by atoms with Gasteiger partial charge in [0.15, 0.2) is 0 Å². The maximum atomic E-state index is 11.7. The first-order valence-corrected chi connectivity index (χ1v) is 6.63. The Kier molecular flexibility index (Phi) is 6.35. The average Bonchev–Trinajstić information content (AvgIpc) is 2.86. The zero-order chi connectivity index (χ0) is 13.4. The number of rotatable bonds is 8. The van der Waals surface area contributed by atoms with Crippen molar-refractivity contribution in [1.29, 1.82) is 0 Å². The number of aryl methyl sites for hydroxylation is 1. The van der Waals surface area contributed by atoms with E-state index in [2.05, 4.69) is 39.2 Å². The van der Waals surface area contributed by atoms with Gasteiger partial charge in [-0.2, -0.15) is 0 Å². The fraction of sp³-hybridized carbons (Fsp3) is 0.750. The molecule has 2 N–H and O–H groups in total. The van der Waals surface area contributed by atoms with E-state index in [0.29, 0.717) is 6.54 Å². The van der Waals surface area contributed by atoms with Crippen LogP contribution in [0.3, 0.4) is 0 Å². The average molecular weight is 253 g/mol. The first-order chi connectivity index (χ1) is 8.71. The normalized spacial score (nSPS) is 10.9. The van der Waals surface area contributed by atoms with Crippen LogP contribution in [0.1, 0.15) is 43.6 Å². The van der Waals surface area contributed by atoms with Gasteiger partial charge in [0.05, 0.1) is 0 Å². The standard InChI is InChI=1S/C12H23N5O/c1-4-8-17(6-3)9-7-13-12(18)11-14-10(5-2)15-16-11/h4-9H2,1-3H3,(H,13,18)(H,14,15,16). The number of nitrogens with zero attached hydrogens (tertiary/aromatic N) is 3. The third-order valence-electron chi connectivity index (χ3n) is 2.77.